The zero-order chi connectivity index (χ0) is 24.2. The molecule has 0 saturated carbocycles. The van der Waals surface area contributed by atoms with Gasteiger partial charge in [-0.1, -0.05) is 24.3 Å². The highest BCUT2D eigenvalue weighted by Crippen LogP contribution is 2.55. The van der Waals surface area contributed by atoms with Gasteiger partial charge in [0.25, 0.3) is 0 Å². The Morgan fingerprint density at radius 2 is 1.74 bits per heavy atom. The van der Waals surface area contributed by atoms with Gasteiger partial charge in [0, 0.05) is 49.1 Å². The molecule has 7 nitrogen and oxygen atoms in total. The molecular weight excluding hydrogens is 430 g/mol. The average Bonchev–Trinajstić information content (AvgIpc) is 3.30. The smallest absolute Gasteiger partial charge is 0.250 e. The van der Waals surface area contributed by atoms with Crippen molar-refractivity contribution in [2.24, 2.45) is 5.92 Å². The molecule has 0 radical (unpaired) electrons. The highest BCUT2D eigenvalue weighted by Gasteiger charge is 2.64. The number of carbonyl (C=O) groups excluding carboxylic acids is 2. The average molecular weight is 458 g/mol. The molecule has 3 N–H and O–H groups in total. The monoisotopic (exact) mass is 457 g/mol. The minimum atomic E-state index is -1.19. The van der Waals surface area contributed by atoms with E-state index in [0.29, 0.717) is 23.4 Å². The maximum absolute atomic E-state index is 14.2. The number of Topliss-reactive ketones (excluding diaryl/α,β-unsaturated/α-hetero) is 1. The highest BCUT2D eigenvalue weighted by molar-refractivity contribution is 6.12. The molecule has 1 spiro atoms. The summed E-state index contributed by atoms with van der Waals surface area (Å²) in [4.78, 5) is 31.7. The molecule has 3 aromatic rings. The normalized spacial score (nSPS) is 23.7. The van der Waals surface area contributed by atoms with Crippen LogP contribution in [0.5, 0.6) is 11.5 Å². The Morgan fingerprint density at radius 3 is 2.41 bits per heavy atom. The van der Waals surface area contributed by atoms with Crippen molar-refractivity contribution in [3.05, 3.63) is 83.4 Å². The first kappa shape index (κ1) is 22.0. The van der Waals surface area contributed by atoms with Crippen molar-refractivity contribution in [1.82, 2.24) is 4.90 Å². The van der Waals surface area contributed by atoms with Gasteiger partial charge in [0.2, 0.25) is 5.91 Å². The fourth-order valence-corrected chi connectivity index (χ4v) is 5.57. The van der Waals surface area contributed by atoms with Gasteiger partial charge in [0.15, 0.2) is 17.3 Å². The summed E-state index contributed by atoms with van der Waals surface area (Å²) in [5.41, 5.74) is 2.48. The Kier molecular flexibility index (Phi) is 5.10. The first-order valence-corrected chi connectivity index (χ1v) is 11.2. The number of anilines is 2. The first-order chi connectivity index (χ1) is 16.2. The Balaban J connectivity index is 1.69. The molecule has 3 aromatic carbocycles. The van der Waals surface area contributed by atoms with Crippen LogP contribution in [0.15, 0.2) is 66.7 Å². The van der Waals surface area contributed by atoms with Gasteiger partial charge in [-0.3, -0.25) is 14.5 Å². The van der Waals surface area contributed by atoms with Crippen molar-refractivity contribution in [2.75, 3.05) is 37.9 Å². The van der Waals surface area contributed by atoms with Crippen molar-refractivity contribution in [3.63, 3.8) is 0 Å². The molecule has 1 saturated heterocycles. The predicted molar refractivity (Wildman–Crippen MR) is 130 cm³/mol. The lowest BCUT2D eigenvalue weighted by Gasteiger charge is -2.35. The number of aromatic hydroxyl groups is 2. The van der Waals surface area contributed by atoms with Gasteiger partial charge in [-0.2, -0.15) is 0 Å². The first-order valence-electron chi connectivity index (χ1n) is 11.2. The Labute approximate surface area is 198 Å². The third kappa shape index (κ3) is 3.08. The third-order valence-corrected chi connectivity index (χ3v) is 7.24. The lowest BCUT2D eigenvalue weighted by Crippen LogP contribution is -2.51. The van der Waals surface area contributed by atoms with E-state index < -0.39 is 11.5 Å². The van der Waals surface area contributed by atoms with E-state index in [9.17, 15) is 19.8 Å². The SMILES string of the molecule is CN(C)c1ccc(C(=O)C2C(c3ccc(O)c(O)c3)CN(C)C23C(=O)Nc2ccccc23)cc1. The lowest BCUT2D eigenvalue weighted by molar-refractivity contribution is -0.126. The van der Waals surface area contributed by atoms with E-state index in [-0.39, 0.29) is 29.1 Å². The van der Waals surface area contributed by atoms with Gasteiger partial charge < -0.3 is 20.4 Å². The summed E-state index contributed by atoms with van der Waals surface area (Å²) in [5, 5.41) is 23.0. The molecule has 2 aliphatic rings. The Morgan fingerprint density at radius 1 is 1.03 bits per heavy atom. The summed E-state index contributed by atoms with van der Waals surface area (Å²) in [5.74, 6) is -1.97. The van der Waals surface area contributed by atoms with Gasteiger partial charge in [-0.25, -0.2) is 0 Å². The lowest BCUT2D eigenvalue weighted by atomic mass is 9.70. The third-order valence-electron chi connectivity index (χ3n) is 7.24. The van der Waals surface area contributed by atoms with Gasteiger partial charge in [-0.15, -0.1) is 0 Å². The molecule has 0 aliphatic carbocycles. The maximum atomic E-state index is 14.2. The topological polar surface area (TPSA) is 93.1 Å². The molecule has 1 amide bonds. The summed E-state index contributed by atoms with van der Waals surface area (Å²) >= 11 is 0. The van der Waals surface area contributed by atoms with E-state index in [1.807, 2.05) is 67.3 Å². The number of para-hydroxylation sites is 1. The number of nitrogens with zero attached hydrogens (tertiary/aromatic N) is 2. The van der Waals surface area contributed by atoms with E-state index in [4.69, 9.17) is 0 Å². The number of phenolic OH excluding ortho intramolecular Hbond substituents is 2. The largest absolute Gasteiger partial charge is 0.504 e. The molecule has 174 valence electrons. The zero-order valence-electron chi connectivity index (χ0n) is 19.3. The second-order valence-electron chi connectivity index (χ2n) is 9.28. The van der Waals surface area contributed by atoms with Crippen molar-refractivity contribution < 1.29 is 19.8 Å². The number of phenols is 2. The van der Waals surface area contributed by atoms with E-state index in [2.05, 4.69) is 5.32 Å². The van der Waals surface area contributed by atoms with Crippen LogP contribution in [0.3, 0.4) is 0 Å². The number of likely N-dealkylation sites (tertiary alicyclic amines) is 1. The van der Waals surface area contributed by atoms with Gasteiger partial charge in [-0.05, 0) is 55.1 Å². The van der Waals surface area contributed by atoms with Crippen molar-refractivity contribution in [1.29, 1.82) is 0 Å². The highest BCUT2D eigenvalue weighted by atomic mass is 16.3. The number of benzene rings is 3. The number of carbonyl (C=O) groups is 2. The van der Waals surface area contributed by atoms with Crippen LogP contribution in [0.1, 0.15) is 27.4 Å². The van der Waals surface area contributed by atoms with Crippen molar-refractivity contribution in [3.8, 4) is 11.5 Å². The summed E-state index contributed by atoms with van der Waals surface area (Å²) in [6.07, 6.45) is 0. The molecule has 0 bridgehead atoms. The summed E-state index contributed by atoms with van der Waals surface area (Å²) in [6, 6.07) is 19.5. The van der Waals surface area contributed by atoms with Crippen molar-refractivity contribution >= 4 is 23.1 Å². The molecule has 2 aliphatic heterocycles. The molecule has 3 unspecified atom stereocenters. The second kappa shape index (κ2) is 7.88. The van der Waals surface area contributed by atoms with Crippen LogP contribution < -0.4 is 10.2 Å². The van der Waals surface area contributed by atoms with Crippen LogP contribution in [-0.4, -0.2) is 54.5 Å². The van der Waals surface area contributed by atoms with Gasteiger partial charge in [0.05, 0.1) is 5.92 Å². The quantitative estimate of drug-likeness (QED) is 0.410. The van der Waals surface area contributed by atoms with Crippen LogP contribution in [0, 0.1) is 5.92 Å². The molecule has 1 fully saturated rings. The summed E-state index contributed by atoms with van der Waals surface area (Å²) in [6.45, 7) is 0.429. The van der Waals surface area contributed by atoms with Crippen LogP contribution in [0.2, 0.25) is 0 Å². The fourth-order valence-electron chi connectivity index (χ4n) is 5.57. The van der Waals surface area contributed by atoms with E-state index in [1.54, 1.807) is 18.2 Å². The molecule has 34 heavy (non-hydrogen) atoms. The number of hydrogen-bond donors (Lipinski definition) is 3. The van der Waals surface area contributed by atoms with Crippen LogP contribution in [0.25, 0.3) is 0 Å². The molecule has 7 heteroatoms. The minimum absolute atomic E-state index is 0.140. The molecule has 0 aromatic heterocycles. The number of fused-ring (bicyclic) bond motifs is 2. The number of amides is 1. The molecule has 2 heterocycles. The Bertz CT molecular complexity index is 1290. The van der Waals surface area contributed by atoms with Crippen molar-refractivity contribution in [2.45, 2.75) is 11.5 Å². The number of hydrogen-bond acceptors (Lipinski definition) is 6. The number of rotatable bonds is 4. The summed E-state index contributed by atoms with van der Waals surface area (Å²) < 4.78 is 0. The van der Waals surface area contributed by atoms with Gasteiger partial charge >= 0.3 is 0 Å². The van der Waals surface area contributed by atoms with E-state index >= 15 is 0 Å². The number of ketones is 1. The standard InChI is InChI=1S/C27H27N3O4/c1-29(2)18-11-8-16(9-12-18)25(33)24-19(17-10-13-22(31)23(32)14-17)15-30(3)27(24)20-6-4-5-7-21(20)28-26(27)34/h4-14,19,24,31-32H,15H2,1-3H3,(H,28,34). The number of nitrogens with one attached hydrogen (secondary N) is 1. The zero-order valence-corrected chi connectivity index (χ0v) is 19.3. The predicted octanol–water partition coefficient (Wildman–Crippen LogP) is 3.54. The molecule has 3 atom stereocenters. The van der Waals surface area contributed by atoms with Gasteiger partial charge in [0.1, 0.15) is 5.54 Å². The number of likely N-dealkylation sites (N-methyl/N-ethyl adjacent to an activating group) is 1. The molecule has 5 rings (SSSR count). The van der Waals surface area contributed by atoms with Crippen LogP contribution in [-0.2, 0) is 10.3 Å². The minimum Gasteiger partial charge on any atom is -0.504 e. The summed E-state index contributed by atoms with van der Waals surface area (Å²) in [7, 11) is 5.73. The fraction of sp³-hybridized carbons (Fsp3) is 0.259. The van der Waals surface area contributed by atoms with E-state index in [0.717, 1.165) is 11.3 Å². The van der Waals surface area contributed by atoms with E-state index in [1.165, 1.54) is 12.1 Å². The second-order valence-corrected chi connectivity index (χ2v) is 9.28. The Hall–Kier alpha value is -3.84. The van der Waals surface area contributed by atoms with Crippen LogP contribution >= 0.6 is 0 Å². The maximum Gasteiger partial charge on any atom is 0.250 e. The van der Waals surface area contributed by atoms with Crippen LogP contribution in [0.4, 0.5) is 11.4 Å². The molecular formula is C27H27N3O4.